The lowest BCUT2D eigenvalue weighted by molar-refractivity contribution is 0.0558. The van der Waals surface area contributed by atoms with Crippen LogP contribution in [0.25, 0.3) is 0 Å². The van der Waals surface area contributed by atoms with E-state index in [4.69, 9.17) is 4.74 Å². The number of β-amino-alcohol motifs (C(OH)–C–C–N with tert-alkyl or cyclic N) is 1. The van der Waals surface area contributed by atoms with Crippen LogP contribution in [-0.2, 0) is 0 Å². The molecule has 0 amide bonds. The number of carbonyl (C=O) groups is 1. The minimum Gasteiger partial charge on any atom is -0.490 e. The lowest BCUT2D eigenvalue weighted by Crippen LogP contribution is -2.40. The number of piperidine rings is 1. The molecule has 0 aliphatic carbocycles. The van der Waals surface area contributed by atoms with Crippen molar-refractivity contribution in [1.82, 2.24) is 4.90 Å². The van der Waals surface area contributed by atoms with Crippen LogP contribution in [0.15, 0.2) is 18.2 Å². The Morgan fingerprint density at radius 2 is 2.04 bits per heavy atom. The van der Waals surface area contributed by atoms with Crippen molar-refractivity contribution in [3.8, 4) is 5.75 Å². The average Bonchev–Trinajstić information content (AvgIpc) is 2.54. The van der Waals surface area contributed by atoms with Gasteiger partial charge in [-0.1, -0.05) is 6.92 Å². The Morgan fingerprint density at radius 3 is 2.62 bits per heavy atom. The smallest absolute Gasteiger partial charge is 0.163 e. The second kappa shape index (κ2) is 8.49. The zero-order chi connectivity index (χ0) is 17.7. The van der Waals surface area contributed by atoms with E-state index < -0.39 is 6.10 Å². The van der Waals surface area contributed by atoms with E-state index in [0.29, 0.717) is 17.9 Å². The quantitative estimate of drug-likeness (QED) is 0.776. The van der Waals surface area contributed by atoms with Crippen molar-refractivity contribution in [2.45, 2.75) is 32.8 Å². The fourth-order valence-electron chi connectivity index (χ4n) is 2.98. The van der Waals surface area contributed by atoms with Crippen LogP contribution < -0.4 is 9.64 Å². The van der Waals surface area contributed by atoms with Gasteiger partial charge in [-0.05, 0) is 50.9 Å². The molecule has 0 radical (unpaired) electrons. The Labute approximate surface area is 145 Å². The van der Waals surface area contributed by atoms with Gasteiger partial charge < -0.3 is 19.6 Å². The molecule has 1 heterocycles. The summed E-state index contributed by atoms with van der Waals surface area (Å²) in [5.41, 5.74) is 1.52. The standard InChI is InChI=1S/C19H30N2O3/c1-14-7-9-21(10-8-14)12-17(23)13-24-19-11-16(20(3)4)5-6-18(19)15(2)22/h5-6,11,14,17,23H,7-10,12-13H2,1-4H3/t17-/m1/s1. The molecule has 2 rings (SSSR count). The number of carbonyl (C=O) groups excluding carboxylic acids is 1. The van der Waals surface area contributed by atoms with Crippen LogP contribution in [0, 0.1) is 5.92 Å². The van der Waals surface area contributed by atoms with E-state index in [0.717, 1.165) is 24.7 Å². The minimum absolute atomic E-state index is 0.0326. The number of nitrogens with zero attached hydrogens (tertiary/aromatic N) is 2. The molecule has 5 nitrogen and oxygen atoms in total. The van der Waals surface area contributed by atoms with Crippen molar-refractivity contribution in [1.29, 1.82) is 0 Å². The van der Waals surface area contributed by atoms with Gasteiger partial charge in [-0.15, -0.1) is 0 Å². The maximum atomic E-state index is 11.8. The zero-order valence-electron chi connectivity index (χ0n) is 15.3. The number of ketones is 1. The van der Waals surface area contributed by atoms with Crippen molar-refractivity contribution >= 4 is 11.5 Å². The largest absolute Gasteiger partial charge is 0.490 e. The van der Waals surface area contributed by atoms with Gasteiger partial charge in [-0.2, -0.15) is 0 Å². The van der Waals surface area contributed by atoms with Crippen LogP contribution >= 0.6 is 0 Å². The van der Waals surface area contributed by atoms with Crippen molar-refractivity contribution in [3.63, 3.8) is 0 Å². The van der Waals surface area contributed by atoms with Gasteiger partial charge >= 0.3 is 0 Å². The second-order valence-corrected chi connectivity index (χ2v) is 7.08. The number of likely N-dealkylation sites (tertiary alicyclic amines) is 1. The highest BCUT2D eigenvalue weighted by atomic mass is 16.5. The lowest BCUT2D eigenvalue weighted by Gasteiger charge is -2.31. The number of hydrogen-bond donors (Lipinski definition) is 1. The molecular formula is C19H30N2O3. The molecule has 1 atom stereocenters. The van der Waals surface area contributed by atoms with E-state index in [9.17, 15) is 9.90 Å². The third-order valence-corrected chi connectivity index (χ3v) is 4.64. The number of aliphatic hydroxyl groups is 1. The van der Waals surface area contributed by atoms with E-state index in [2.05, 4.69) is 11.8 Å². The number of Topliss-reactive ketones (excluding diaryl/α,β-unsaturated/α-hetero) is 1. The van der Waals surface area contributed by atoms with Crippen LogP contribution in [0.4, 0.5) is 5.69 Å². The van der Waals surface area contributed by atoms with Gasteiger partial charge in [0.15, 0.2) is 5.78 Å². The SMILES string of the molecule is CC(=O)c1ccc(N(C)C)cc1OC[C@H](O)CN1CCC(C)CC1. The number of rotatable bonds is 7. The molecule has 1 N–H and O–H groups in total. The summed E-state index contributed by atoms with van der Waals surface area (Å²) in [5.74, 6) is 1.29. The van der Waals surface area contributed by atoms with Gasteiger partial charge in [-0.25, -0.2) is 0 Å². The molecule has 0 aromatic heterocycles. The summed E-state index contributed by atoms with van der Waals surface area (Å²) in [7, 11) is 3.89. The van der Waals surface area contributed by atoms with Gasteiger partial charge in [0.1, 0.15) is 18.5 Å². The summed E-state index contributed by atoms with van der Waals surface area (Å²) in [4.78, 5) is 16.0. The van der Waals surface area contributed by atoms with Gasteiger partial charge in [0.2, 0.25) is 0 Å². The van der Waals surface area contributed by atoms with E-state index in [1.807, 2.05) is 31.1 Å². The Bertz CT molecular complexity index is 552. The first-order valence-corrected chi connectivity index (χ1v) is 8.72. The number of ether oxygens (including phenoxy) is 1. The third kappa shape index (κ3) is 5.21. The Morgan fingerprint density at radius 1 is 1.38 bits per heavy atom. The summed E-state index contributed by atoms with van der Waals surface area (Å²) in [6.07, 6.45) is 1.82. The van der Waals surface area contributed by atoms with Crippen LogP contribution in [0.3, 0.4) is 0 Å². The highest BCUT2D eigenvalue weighted by Crippen LogP contribution is 2.25. The normalized spacial score (nSPS) is 17.5. The Kier molecular flexibility index (Phi) is 6.63. The number of hydrogen-bond acceptors (Lipinski definition) is 5. The van der Waals surface area contributed by atoms with Gasteiger partial charge in [0.25, 0.3) is 0 Å². The predicted molar refractivity (Wildman–Crippen MR) is 97.1 cm³/mol. The molecule has 1 aromatic carbocycles. The monoisotopic (exact) mass is 334 g/mol. The number of aliphatic hydroxyl groups excluding tert-OH is 1. The van der Waals surface area contributed by atoms with E-state index in [1.54, 1.807) is 6.07 Å². The minimum atomic E-state index is -0.554. The van der Waals surface area contributed by atoms with Crippen molar-refractivity contribution < 1.29 is 14.6 Å². The fourth-order valence-corrected chi connectivity index (χ4v) is 2.98. The Balaban J connectivity index is 1.94. The van der Waals surface area contributed by atoms with Gasteiger partial charge in [-0.3, -0.25) is 4.79 Å². The first-order valence-electron chi connectivity index (χ1n) is 8.72. The maximum absolute atomic E-state index is 11.8. The molecule has 1 aromatic rings. The molecule has 1 saturated heterocycles. The van der Waals surface area contributed by atoms with E-state index >= 15 is 0 Å². The highest BCUT2D eigenvalue weighted by Gasteiger charge is 2.19. The molecule has 0 spiro atoms. The molecule has 0 unspecified atom stereocenters. The molecule has 5 heteroatoms. The molecule has 0 bridgehead atoms. The summed E-state index contributed by atoms with van der Waals surface area (Å²) in [6, 6.07) is 5.53. The summed E-state index contributed by atoms with van der Waals surface area (Å²) in [6.45, 7) is 6.69. The molecule has 1 fully saturated rings. The topological polar surface area (TPSA) is 53.0 Å². The molecule has 24 heavy (non-hydrogen) atoms. The van der Waals surface area contributed by atoms with Crippen LogP contribution in [0.5, 0.6) is 5.75 Å². The zero-order valence-corrected chi connectivity index (χ0v) is 15.3. The fraction of sp³-hybridized carbons (Fsp3) is 0.632. The highest BCUT2D eigenvalue weighted by molar-refractivity contribution is 5.97. The molecule has 1 aliphatic heterocycles. The maximum Gasteiger partial charge on any atom is 0.163 e. The first kappa shape index (κ1) is 18.7. The predicted octanol–water partition coefficient (Wildman–Crippen LogP) is 2.43. The lowest BCUT2D eigenvalue weighted by atomic mass is 9.99. The molecule has 0 saturated carbocycles. The van der Waals surface area contributed by atoms with Crippen LogP contribution in [0.2, 0.25) is 0 Å². The molecular weight excluding hydrogens is 304 g/mol. The van der Waals surface area contributed by atoms with Crippen LogP contribution in [0.1, 0.15) is 37.0 Å². The number of benzene rings is 1. The third-order valence-electron chi connectivity index (χ3n) is 4.64. The second-order valence-electron chi connectivity index (χ2n) is 7.08. The average molecular weight is 334 g/mol. The molecule has 134 valence electrons. The summed E-state index contributed by atoms with van der Waals surface area (Å²) >= 11 is 0. The van der Waals surface area contributed by atoms with Gasteiger partial charge in [0, 0.05) is 32.4 Å². The van der Waals surface area contributed by atoms with E-state index in [-0.39, 0.29) is 12.4 Å². The number of anilines is 1. The van der Waals surface area contributed by atoms with Crippen LogP contribution in [-0.4, -0.2) is 62.2 Å². The van der Waals surface area contributed by atoms with Crippen molar-refractivity contribution in [2.75, 3.05) is 45.2 Å². The van der Waals surface area contributed by atoms with E-state index in [1.165, 1.54) is 19.8 Å². The first-order chi connectivity index (χ1) is 11.4. The summed E-state index contributed by atoms with van der Waals surface area (Å²) < 4.78 is 5.79. The van der Waals surface area contributed by atoms with Gasteiger partial charge in [0.05, 0.1) is 5.56 Å². The Hall–Kier alpha value is -1.59. The summed E-state index contributed by atoms with van der Waals surface area (Å²) in [5, 5.41) is 10.3. The van der Waals surface area contributed by atoms with Crippen molar-refractivity contribution in [3.05, 3.63) is 23.8 Å². The van der Waals surface area contributed by atoms with Crippen molar-refractivity contribution in [2.24, 2.45) is 5.92 Å². The molecule has 1 aliphatic rings.